The lowest BCUT2D eigenvalue weighted by Gasteiger charge is -2.24. The van der Waals surface area contributed by atoms with E-state index >= 15 is 0 Å². The van der Waals surface area contributed by atoms with Crippen LogP contribution in [0.1, 0.15) is 25.1 Å². The number of ether oxygens (including phenoxy) is 1. The second-order valence-corrected chi connectivity index (χ2v) is 7.13. The number of hydrogen-bond donors (Lipinski definition) is 1. The molecule has 1 aromatic rings. The molecule has 1 rings (SSSR count). The average molecular weight is 385 g/mol. The summed E-state index contributed by atoms with van der Waals surface area (Å²) in [6, 6.07) is 0. The summed E-state index contributed by atoms with van der Waals surface area (Å²) in [5.41, 5.74) is 0.190. The number of halogens is 2. The Morgan fingerprint density at radius 1 is 1.35 bits per heavy atom. The van der Waals surface area contributed by atoms with E-state index in [1.807, 2.05) is 0 Å². The van der Waals surface area contributed by atoms with Gasteiger partial charge in [0.2, 0.25) is 0 Å². The third-order valence-corrected chi connectivity index (χ3v) is 6.61. The molecule has 0 spiro atoms. The van der Waals surface area contributed by atoms with Crippen LogP contribution in [0.3, 0.4) is 0 Å². The SMILES string of the molecule is COCCNCCC(C)(C)c1scc(Br)c1Br. The van der Waals surface area contributed by atoms with Gasteiger partial charge in [0.05, 0.1) is 6.61 Å². The first-order chi connectivity index (χ1) is 7.99. The lowest BCUT2D eigenvalue weighted by Crippen LogP contribution is -2.27. The van der Waals surface area contributed by atoms with Gasteiger partial charge in [-0.15, -0.1) is 11.3 Å². The topological polar surface area (TPSA) is 21.3 Å². The number of nitrogens with one attached hydrogen (secondary N) is 1. The van der Waals surface area contributed by atoms with Crippen molar-refractivity contribution in [2.45, 2.75) is 25.7 Å². The van der Waals surface area contributed by atoms with Gasteiger partial charge in [-0.2, -0.15) is 0 Å². The normalized spacial score (nSPS) is 12.1. The summed E-state index contributed by atoms with van der Waals surface area (Å²) in [6.45, 7) is 7.27. The lowest BCUT2D eigenvalue weighted by molar-refractivity contribution is 0.198. The number of methoxy groups -OCH3 is 1. The molecule has 0 aromatic carbocycles. The number of hydrogen-bond acceptors (Lipinski definition) is 3. The summed E-state index contributed by atoms with van der Waals surface area (Å²) < 4.78 is 7.36. The highest BCUT2D eigenvalue weighted by Crippen LogP contribution is 2.41. The van der Waals surface area contributed by atoms with Gasteiger partial charge in [-0.05, 0) is 44.8 Å². The van der Waals surface area contributed by atoms with E-state index in [4.69, 9.17) is 4.74 Å². The van der Waals surface area contributed by atoms with Crippen LogP contribution < -0.4 is 5.32 Å². The van der Waals surface area contributed by atoms with E-state index in [9.17, 15) is 0 Å². The average Bonchev–Trinajstić information content (AvgIpc) is 2.60. The van der Waals surface area contributed by atoms with Crippen molar-refractivity contribution in [2.24, 2.45) is 0 Å². The zero-order chi connectivity index (χ0) is 12.9. The van der Waals surface area contributed by atoms with Gasteiger partial charge < -0.3 is 10.1 Å². The van der Waals surface area contributed by atoms with E-state index < -0.39 is 0 Å². The van der Waals surface area contributed by atoms with Gasteiger partial charge in [0.1, 0.15) is 0 Å². The van der Waals surface area contributed by atoms with Crippen LogP contribution in [0, 0.1) is 0 Å². The Morgan fingerprint density at radius 3 is 2.59 bits per heavy atom. The van der Waals surface area contributed by atoms with Crippen molar-refractivity contribution in [2.75, 3.05) is 26.8 Å². The van der Waals surface area contributed by atoms with E-state index in [1.54, 1.807) is 18.4 Å². The van der Waals surface area contributed by atoms with Crippen molar-refractivity contribution in [3.05, 3.63) is 19.2 Å². The van der Waals surface area contributed by atoms with Crippen LogP contribution in [0.15, 0.2) is 14.3 Å². The fraction of sp³-hybridized carbons (Fsp3) is 0.667. The van der Waals surface area contributed by atoms with E-state index in [0.717, 1.165) is 30.6 Å². The largest absolute Gasteiger partial charge is 0.383 e. The van der Waals surface area contributed by atoms with Crippen molar-refractivity contribution in [1.82, 2.24) is 5.32 Å². The summed E-state index contributed by atoms with van der Waals surface area (Å²) in [4.78, 5) is 1.40. The highest BCUT2D eigenvalue weighted by Gasteiger charge is 2.25. The van der Waals surface area contributed by atoms with E-state index in [2.05, 4.69) is 56.4 Å². The van der Waals surface area contributed by atoms with Crippen LogP contribution in [0.4, 0.5) is 0 Å². The van der Waals surface area contributed by atoms with Gasteiger partial charge in [0.15, 0.2) is 0 Å². The van der Waals surface area contributed by atoms with Crippen molar-refractivity contribution in [1.29, 1.82) is 0 Å². The van der Waals surface area contributed by atoms with E-state index in [0.29, 0.717) is 0 Å². The molecular formula is C12H19Br2NOS. The Labute approximate surface area is 124 Å². The summed E-state index contributed by atoms with van der Waals surface area (Å²) >= 11 is 8.99. The smallest absolute Gasteiger partial charge is 0.0587 e. The van der Waals surface area contributed by atoms with E-state index in [1.165, 1.54) is 9.35 Å². The van der Waals surface area contributed by atoms with E-state index in [-0.39, 0.29) is 5.41 Å². The van der Waals surface area contributed by atoms with Crippen molar-refractivity contribution >= 4 is 43.2 Å². The summed E-state index contributed by atoms with van der Waals surface area (Å²) in [7, 11) is 1.73. The predicted molar refractivity (Wildman–Crippen MR) is 82.1 cm³/mol. The van der Waals surface area contributed by atoms with Gasteiger partial charge in [-0.3, -0.25) is 0 Å². The molecule has 0 fully saturated rings. The van der Waals surface area contributed by atoms with Crippen molar-refractivity contribution in [3.8, 4) is 0 Å². The Balaban J connectivity index is 2.48. The molecule has 1 N–H and O–H groups in total. The molecule has 17 heavy (non-hydrogen) atoms. The molecule has 0 saturated carbocycles. The van der Waals surface area contributed by atoms with Crippen LogP contribution in [-0.4, -0.2) is 26.8 Å². The van der Waals surface area contributed by atoms with Crippen molar-refractivity contribution in [3.63, 3.8) is 0 Å². The monoisotopic (exact) mass is 383 g/mol. The summed E-state index contributed by atoms with van der Waals surface area (Å²) in [5, 5.41) is 5.53. The van der Waals surface area contributed by atoms with Crippen LogP contribution >= 0.6 is 43.2 Å². The van der Waals surface area contributed by atoms with Gasteiger partial charge in [0, 0.05) is 38.3 Å². The first-order valence-electron chi connectivity index (χ1n) is 5.61. The molecule has 0 saturated heterocycles. The minimum Gasteiger partial charge on any atom is -0.383 e. The Morgan fingerprint density at radius 2 is 2.06 bits per heavy atom. The van der Waals surface area contributed by atoms with Gasteiger partial charge in [0.25, 0.3) is 0 Å². The Hall–Kier alpha value is 0.580. The van der Waals surface area contributed by atoms with Crippen LogP contribution in [0.25, 0.3) is 0 Å². The molecule has 0 amide bonds. The fourth-order valence-corrected chi connectivity index (χ4v) is 4.26. The molecule has 0 bridgehead atoms. The second kappa shape index (κ2) is 7.24. The summed E-state index contributed by atoms with van der Waals surface area (Å²) in [6.07, 6.45) is 1.11. The third-order valence-electron chi connectivity index (χ3n) is 2.71. The highest BCUT2D eigenvalue weighted by atomic mass is 79.9. The van der Waals surface area contributed by atoms with Gasteiger partial charge in [-0.1, -0.05) is 13.8 Å². The molecule has 2 nitrogen and oxygen atoms in total. The van der Waals surface area contributed by atoms with Gasteiger partial charge >= 0.3 is 0 Å². The molecule has 0 radical (unpaired) electrons. The molecule has 0 unspecified atom stereocenters. The first kappa shape index (κ1) is 15.6. The van der Waals surface area contributed by atoms with Crippen LogP contribution in [-0.2, 0) is 10.2 Å². The minimum absolute atomic E-state index is 0.190. The quantitative estimate of drug-likeness (QED) is 0.712. The number of rotatable bonds is 7. The zero-order valence-corrected chi connectivity index (χ0v) is 14.5. The molecule has 1 heterocycles. The van der Waals surface area contributed by atoms with Crippen LogP contribution in [0.5, 0.6) is 0 Å². The molecule has 1 aromatic heterocycles. The van der Waals surface area contributed by atoms with Gasteiger partial charge in [-0.25, -0.2) is 0 Å². The molecule has 0 aliphatic heterocycles. The lowest BCUT2D eigenvalue weighted by atomic mass is 9.87. The Kier molecular flexibility index (Phi) is 6.66. The molecule has 0 aliphatic rings. The second-order valence-electron chi connectivity index (χ2n) is 4.60. The summed E-state index contributed by atoms with van der Waals surface area (Å²) in [5.74, 6) is 0. The molecule has 0 atom stereocenters. The third kappa shape index (κ3) is 4.63. The minimum atomic E-state index is 0.190. The molecule has 98 valence electrons. The predicted octanol–water partition coefficient (Wildman–Crippen LogP) is 4.18. The zero-order valence-electron chi connectivity index (χ0n) is 10.5. The molecule has 5 heteroatoms. The Bertz CT molecular complexity index is 352. The standard InChI is InChI=1S/C12H19Br2NOS/c1-12(2,4-5-15-6-7-16-3)11-10(14)9(13)8-17-11/h8,15H,4-7H2,1-3H3. The van der Waals surface area contributed by atoms with Crippen molar-refractivity contribution < 1.29 is 4.74 Å². The highest BCUT2D eigenvalue weighted by molar-refractivity contribution is 9.13. The molecular weight excluding hydrogens is 366 g/mol. The maximum atomic E-state index is 5.01. The fourth-order valence-electron chi connectivity index (χ4n) is 1.59. The van der Waals surface area contributed by atoms with Crippen LogP contribution in [0.2, 0.25) is 0 Å². The number of thiophene rings is 1. The first-order valence-corrected chi connectivity index (χ1v) is 8.08. The maximum absolute atomic E-state index is 5.01. The maximum Gasteiger partial charge on any atom is 0.0587 e. The molecule has 0 aliphatic carbocycles.